The first-order valence-electron chi connectivity index (χ1n) is 3.84. The summed E-state index contributed by atoms with van der Waals surface area (Å²) in [6.45, 7) is 2.59. The van der Waals surface area contributed by atoms with Crippen molar-refractivity contribution in [1.82, 2.24) is 21.3 Å². The monoisotopic (exact) mass is 156 g/mol. The van der Waals surface area contributed by atoms with Crippen molar-refractivity contribution in [2.75, 3.05) is 6.67 Å². The Morgan fingerprint density at radius 1 is 1.64 bits per heavy atom. The van der Waals surface area contributed by atoms with Gasteiger partial charge in [-0.05, 0) is 13.3 Å². The fourth-order valence-electron chi connectivity index (χ4n) is 1.53. The van der Waals surface area contributed by atoms with Crippen LogP contribution >= 0.6 is 0 Å². The number of hydrogen-bond donors (Lipinski definition) is 3. The average molecular weight is 156 g/mol. The van der Waals surface area contributed by atoms with Gasteiger partial charge in [0.2, 0.25) is 5.91 Å². The second-order valence-corrected chi connectivity index (χ2v) is 3.03. The van der Waals surface area contributed by atoms with Gasteiger partial charge in [-0.2, -0.15) is 5.12 Å². The number of hydrazine groups is 2. The third-order valence-electron chi connectivity index (χ3n) is 2.06. The first-order valence-corrected chi connectivity index (χ1v) is 3.84. The normalized spacial score (nSPS) is 38.5. The third-order valence-corrected chi connectivity index (χ3v) is 2.06. The van der Waals surface area contributed by atoms with Crippen molar-refractivity contribution in [3.8, 4) is 0 Å². The van der Waals surface area contributed by atoms with Gasteiger partial charge in [-0.1, -0.05) is 0 Å². The zero-order valence-electron chi connectivity index (χ0n) is 6.42. The molecule has 62 valence electrons. The highest BCUT2D eigenvalue weighted by Crippen LogP contribution is 2.13. The molecule has 0 radical (unpaired) electrons. The van der Waals surface area contributed by atoms with Gasteiger partial charge in [-0.25, -0.2) is 10.9 Å². The van der Waals surface area contributed by atoms with Crippen LogP contribution in [0.25, 0.3) is 0 Å². The second-order valence-electron chi connectivity index (χ2n) is 3.03. The van der Waals surface area contributed by atoms with Gasteiger partial charge in [-0.3, -0.25) is 4.79 Å². The van der Waals surface area contributed by atoms with E-state index in [0.29, 0.717) is 12.7 Å². The van der Waals surface area contributed by atoms with Crippen LogP contribution in [0.3, 0.4) is 0 Å². The Hall–Kier alpha value is -0.650. The first-order chi connectivity index (χ1) is 5.27. The zero-order valence-corrected chi connectivity index (χ0v) is 6.42. The maximum atomic E-state index is 11.2. The summed E-state index contributed by atoms with van der Waals surface area (Å²) in [5.74, 6) is 0.112. The summed E-state index contributed by atoms with van der Waals surface area (Å²) in [6, 6.07) is 0.357. The van der Waals surface area contributed by atoms with Gasteiger partial charge >= 0.3 is 0 Å². The van der Waals surface area contributed by atoms with Crippen LogP contribution in [-0.4, -0.2) is 29.8 Å². The van der Waals surface area contributed by atoms with Gasteiger partial charge in [-0.15, -0.1) is 0 Å². The molecule has 3 N–H and O–H groups in total. The van der Waals surface area contributed by atoms with E-state index in [9.17, 15) is 4.79 Å². The van der Waals surface area contributed by atoms with Crippen LogP contribution in [0.4, 0.5) is 0 Å². The minimum Gasteiger partial charge on any atom is -0.341 e. The summed E-state index contributed by atoms with van der Waals surface area (Å²) in [6.07, 6.45) is 0.874. The average Bonchev–Trinajstić information content (AvgIpc) is 2.31. The Morgan fingerprint density at radius 2 is 2.45 bits per heavy atom. The summed E-state index contributed by atoms with van der Waals surface area (Å²) in [4.78, 5) is 11.2. The number of carbonyl (C=O) groups excluding carboxylic acids is 1. The molecule has 0 spiro atoms. The summed E-state index contributed by atoms with van der Waals surface area (Å²) >= 11 is 0. The molecule has 2 aliphatic heterocycles. The molecule has 0 aromatic rings. The number of hydrogen-bond acceptors (Lipinski definition) is 4. The number of carbonyl (C=O) groups is 1. The largest absolute Gasteiger partial charge is 0.341 e. The fraction of sp³-hybridized carbons (Fsp3) is 0.833. The molecular formula is C6H12N4O. The fourth-order valence-corrected chi connectivity index (χ4v) is 1.53. The standard InChI is InChI=1S/C6H12N4O/c1-4-2-5-6(11)7-3-8-10(5)9-4/h4-5,8-9H,2-3H2,1H3,(H,7,11). The SMILES string of the molecule is CC1CC2C(=O)NCNN2N1. The molecule has 2 unspecified atom stereocenters. The van der Waals surface area contributed by atoms with E-state index in [1.807, 2.05) is 0 Å². The highest BCUT2D eigenvalue weighted by molar-refractivity contribution is 5.82. The molecule has 0 aromatic heterocycles. The van der Waals surface area contributed by atoms with Gasteiger partial charge in [0.15, 0.2) is 0 Å². The lowest BCUT2D eigenvalue weighted by Crippen LogP contribution is -2.62. The van der Waals surface area contributed by atoms with E-state index in [1.54, 1.807) is 5.12 Å². The van der Waals surface area contributed by atoms with E-state index in [1.165, 1.54) is 0 Å². The van der Waals surface area contributed by atoms with E-state index < -0.39 is 0 Å². The molecule has 2 fully saturated rings. The molecule has 0 bridgehead atoms. The summed E-state index contributed by atoms with van der Waals surface area (Å²) in [7, 11) is 0. The van der Waals surface area contributed by atoms with Crippen LogP contribution in [0.15, 0.2) is 0 Å². The van der Waals surface area contributed by atoms with E-state index in [-0.39, 0.29) is 11.9 Å². The molecule has 0 saturated carbocycles. The quantitative estimate of drug-likeness (QED) is 0.401. The molecule has 2 aliphatic rings. The van der Waals surface area contributed by atoms with Crippen LogP contribution in [0.1, 0.15) is 13.3 Å². The van der Waals surface area contributed by atoms with Crippen LogP contribution in [0.5, 0.6) is 0 Å². The van der Waals surface area contributed by atoms with E-state index in [4.69, 9.17) is 0 Å². The van der Waals surface area contributed by atoms with Gasteiger partial charge in [0.05, 0.1) is 6.67 Å². The zero-order chi connectivity index (χ0) is 7.84. The Morgan fingerprint density at radius 3 is 3.18 bits per heavy atom. The first kappa shape index (κ1) is 7.02. The number of nitrogens with one attached hydrogen (secondary N) is 3. The third kappa shape index (κ3) is 1.11. The van der Waals surface area contributed by atoms with Crippen molar-refractivity contribution >= 4 is 5.91 Å². The lowest BCUT2D eigenvalue weighted by Gasteiger charge is -2.28. The van der Waals surface area contributed by atoms with Crippen LogP contribution in [-0.2, 0) is 4.79 Å². The molecule has 1 amide bonds. The summed E-state index contributed by atoms with van der Waals surface area (Å²) in [5, 5.41) is 4.54. The van der Waals surface area contributed by atoms with Crippen LogP contribution < -0.4 is 16.2 Å². The predicted octanol–water partition coefficient (Wildman–Crippen LogP) is -1.45. The Balaban J connectivity index is 2.09. The van der Waals surface area contributed by atoms with Crippen molar-refractivity contribution in [2.45, 2.75) is 25.4 Å². The van der Waals surface area contributed by atoms with E-state index >= 15 is 0 Å². The lowest BCUT2D eigenvalue weighted by molar-refractivity contribution is -0.131. The molecule has 2 heterocycles. The number of nitrogens with zero attached hydrogens (tertiary/aromatic N) is 1. The van der Waals surface area contributed by atoms with E-state index in [2.05, 4.69) is 23.1 Å². The molecule has 5 nitrogen and oxygen atoms in total. The van der Waals surface area contributed by atoms with Crippen molar-refractivity contribution in [1.29, 1.82) is 0 Å². The Labute approximate surface area is 65.1 Å². The lowest BCUT2D eigenvalue weighted by atomic mass is 10.1. The minimum absolute atomic E-state index is 0.0289. The van der Waals surface area contributed by atoms with Crippen molar-refractivity contribution in [2.24, 2.45) is 0 Å². The molecular weight excluding hydrogens is 144 g/mol. The minimum atomic E-state index is -0.0289. The molecule has 5 heteroatoms. The molecule has 0 aliphatic carbocycles. The number of fused-ring (bicyclic) bond motifs is 1. The van der Waals surface area contributed by atoms with Gasteiger partial charge < -0.3 is 5.32 Å². The molecule has 11 heavy (non-hydrogen) atoms. The van der Waals surface area contributed by atoms with Crippen molar-refractivity contribution in [3.63, 3.8) is 0 Å². The van der Waals surface area contributed by atoms with Crippen molar-refractivity contribution in [3.05, 3.63) is 0 Å². The maximum absolute atomic E-state index is 11.2. The van der Waals surface area contributed by atoms with Gasteiger partial charge in [0.25, 0.3) is 0 Å². The molecule has 2 saturated heterocycles. The highest BCUT2D eigenvalue weighted by atomic mass is 16.2. The number of amides is 1. The maximum Gasteiger partial charge on any atom is 0.241 e. The highest BCUT2D eigenvalue weighted by Gasteiger charge is 2.36. The molecule has 2 atom stereocenters. The topological polar surface area (TPSA) is 56.4 Å². The number of rotatable bonds is 0. The van der Waals surface area contributed by atoms with Gasteiger partial charge in [0.1, 0.15) is 6.04 Å². The Bertz CT molecular complexity index is 183. The van der Waals surface area contributed by atoms with E-state index in [0.717, 1.165) is 6.42 Å². The van der Waals surface area contributed by atoms with Crippen molar-refractivity contribution < 1.29 is 4.79 Å². The molecule has 2 rings (SSSR count). The predicted molar refractivity (Wildman–Crippen MR) is 39.0 cm³/mol. The molecule has 0 aromatic carbocycles. The van der Waals surface area contributed by atoms with Crippen LogP contribution in [0, 0.1) is 0 Å². The van der Waals surface area contributed by atoms with Gasteiger partial charge in [0, 0.05) is 6.04 Å². The van der Waals surface area contributed by atoms with Crippen LogP contribution in [0.2, 0.25) is 0 Å². The summed E-state index contributed by atoms with van der Waals surface area (Å²) < 4.78 is 0. The Kier molecular flexibility index (Phi) is 1.56. The summed E-state index contributed by atoms with van der Waals surface area (Å²) in [5.41, 5.74) is 6.18. The second kappa shape index (κ2) is 2.44. The smallest absolute Gasteiger partial charge is 0.241 e.